The molecule has 1 saturated heterocycles. The summed E-state index contributed by atoms with van der Waals surface area (Å²) in [6.07, 6.45) is 2.51. The Morgan fingerprint density at radius 2 is 2.17 bits per heavy atom. The van der Waals surface area contributed by atoms with E-state index in [1.165, 1.54) is 0 Å². The average Bonchev–Trinajstić information content (AvgIpc) is 2.39. The molecule has 1 N–H and O–H groups in total. The number of halogens is 1. The maximum absolute atomic E-state index is 12.2. The van der Waals surface area contributed by atoms with Gasteiger partial charge in [0.25, 0.3) is 0 Å². The highest BCUT2D eigenvalue weighted by molar-refractivity contribution is 6.30. The van der Waals surface area contributed by atoms with Crippen molar-refractivity contribution in [3.8, 4) is 0 Å². The van der Waals surface area contributed by atoms with Crippen LogP contribution in [0.4, 0.5) is 0 Å². The predicted octanol–water partition coefficient (Wildman–Crippen LogP) is 2.09. The summed E-state index contributed by atoms with van der Waals surface area (Å²) in [7, 11) is 1.91. The Kier molecular flexibility index (Phi) is 4.61. The number of amides is 1. The van der Waals surface area contributed by atoms with Crippen LogP contribution >= 0.6 is 11.6 Å². The zero-order valence-electron chi connectivity index (χ0n) is 10.7. The highest BCUT2D eigenvalue weighted by Gasteiger charge is 2.21. The van der Waals surface area contributed by atoms with Crippen molar-refractivity contribution in [1.29, 1.82) is 0 Å². The molecule has 0 saturated carbocycles. The van der Waals surface area contributed by atoms with E-state index in [9.17, 15) is 4.79 Å². The molecule has 1 aromatic rings. The Bertz CT molecular complexity index is 416. The molecule has 18 heavy (non-hydrogen) atoms. The molecule has 1 aliphatic heterocycles. The molecule has 0 spiro atoms. The summed E-state index contributed by atoms with van der Waals surface area (Å²) in [5, 5.41) is 4.00. The van der Waals surface area contributed by atoms with Crippen LogP contribution < -0.4 is 5.32 Å². The second kappa shape index (κ2) is 6.21. The van der Waals surface area contributed by atoms with Gasteiger partial charge in [-0.15, -0.1) is 0 Å². The van der Waals surface area contributed by atoms with E-state index < -0.39 is 0 Å². The quantitative estimate of drug-likeness (QED) is 0.909. The molecule has 1 fully saturated rings. The fraction of sp³-hybridized carbons (Fsp3) is 0.500. The van der Waals surface area contributed by atoms with Gasteiger partial charge in [0.2, 0.25) is 5.91 Å². The molecule has 0 aromatic heterocycles. The topological polar surface area (TPSA) is 32.3 Å². The van der Waals surface area contributed by atoms with Crippen LogP contribution in [-0.4, -0.2) is 37.0 Å². The normalized spacial score (nSPS) is 16.6. The van der Waals surface area contributed by atoms with E-state index in [4.69, 9.17) is 11.6 Å². The van der Waals surface area contributed by atoms with Crippen molar-refractivity contribution in [3.05, 3.63) is 34.9 Å². The van der Waals surface area contributed by atoms with Crippen LogP contribution in [0.25, 0.3) is 0 Å². The lowest BCUT2D eigenvalue weighted by molar-refractivity contribution is -0.131. The number of benzene rings is 1. The third-order valence-electron chi connectivity index (χ3n) is 3.49. The standard InChI is InChI=1S/C14H19ClN2O/c1-17(13-5-7-16-8-6-13)14(18)10-11-3-2-4-12(15)9-11/h2-4,9,13,16H,5-8,10H2,1H3. The number of likely N-dealkylation sites (N-methyl/N-ethyl adjacent to an activating group) is 1. The summed E-state index contributed by atoms with van der Waals surface area (Å²) in [5.74, 6) is 0.171. The number of carbonyl (C=O) groups excluding carboxylic acids is 1. The number of piperidine rings is 1. The van der Waals surface area contributed by atoms with Crippen molar-refractivity contribution < 1.29 is 4.79 Å². The van der Waals surface area contributed by atoms with Gasteiger partial charge in [-0.3, -0.25) is 4.79 Å². The zero-order valence-corrected chi connectivity index (χ0v) is 11.4. The fourth-order valence-electron chi connectivity index (χ4n) is 2.34. The lowest BCUT2D eigenvalue weighted by Gasteiger charge is -2.31. The minimum Gasteiger partial charge on any atom is -0.342 e. The minimum absolute atomic E-state index is 0.171. The summed E-state index contributed by atoms with van der Waals surface area (Å²) in [6.45, 7) is 2.00. The van der Waals surface area contributed by atoms with Gasteiger partial charge in [-0.05, 0) is 43.6 Å². The van der Waals surface area contributed by atoms with Crippen molar-refractivity contribution in [1.82, 2.24) is 10.2 Å². The molecular formula is C14H19ClN2O. The minimum atomic E-state index is 0.171. The first-order valence-corrected chi connectivity index (χ1v) is 6.75. The number of nitrogens with zero attached hydrogens (tertiary/aromatic N) is 1. The molecule has 1 aliphatic rings. The van der Waals surface area contributed by atoms with Gasteiger partial charge in [-0.1, -0.05) is 23.7 Å². The molecule has 0 radical (unpaired) electrons. The van der Waals surface area contributed by atoms with Crippen LogP contribution in [0, 0.1) is 0 Å². The fourth-order valence-corrected chi connectivity index (χ4v) is 2.56. The van der Waals surface area contributed by atoms with Gasteiger partial charge < -0.3 is 10.2 Å². The number of carbonyl (C=O) groups is 1. The zero-order chi connectivity index (χ0) is 13.0. The molecule has 2 rings (SSSR count). The van der Waals surface area contributed by atoms with Gasteiger partial charge in [0.1, 0.15) is 0 Å². The van der Waals surface area contributed by atoms with Crippen LogP contribution in [-0.2, 0) is 11.2 Å². The van der Waals surface area contributed by atoms with Crippen LogP contribution in [0.5, 0.6) is 0 Å². The molecule has 98 valence electrons. The molecule has 0 bridgehead atoms. The number of hydrogen-bond acceptors (Lipinski definition) is 2. The van der Waals surface area contributed by atoms with Crippen molar-refractivity contribution in [2.45, 2.75) is 25.3 Å². The molecule has 3 nitrogen and oxygen atoms in total. The second-order valence-corrected chi connectivity index (χ2v) is 5.23. The van der Waals surface area contributed by atoms with Gasteiger partial charge in [0, 0.05) is 18.1 Å². The van der Waals surface area contributed by atoms with Crippen LogP contribution in [0.1, 0.15) is 18.4 Å². The molecular weight excluding hydrogens is 248 g/mol. The molecule has 0 aliphatic carbocycles. The summed E-state index contributed by atoms with van der Waals surface area (Å²) < 4.78 is 0. The van der Waals surface area contributed by atoms with E-state index in [0.29, 0.717) is 17.5 Å². The Labute approximate surface area is 113 Å². The Morgan fingerprint density at radius 1 is 1.44 bits per heavy atom. The molecule has 0 atom stereocenters. The monoisotopic (exact) mass is 266 g/mol. The molecule has 0 unspecified atom stereocenters. The summed E-state index contributed by atoms with van der Waals surface area (Å²) in [5.41, 5.74) is 0.980. The second-order valence-electron chi connectivity index (χ2n) is 4.79. The first-order chi connectivity index (χ1) is 8.66. The maximum atomic E-state index is 12.2. The molecule has 1 amide bonds. The first-order valence-electron chi connectivity index (χ1n) is 6.37. The molecule has 1 aromatic carbocycles. The largest absolute Gasteiger partial charge is 0.342 e. The SMILES string of the molecule is CN(C(=O)Cc1cccc(Cl)c1)C1CCNCC1. The third kappa shape index (κ3) is 3.47. The summed E-state index contributed by atoms with van der Waals surface area (Å²) in [4.78, 5) is 14.1. The van der Waals surface area contributed by atoms with Crippen molar-refractivity contribution in [2.75, 3.05) is 20.1 Å². The van der Waals surface area contributed by atoms with E-state index in [0.717, 1.165) is 31.5 Å². The van der Waals surface area contributed by atoms with E-state index in [1.54, 1.807) is 0 Å². The van der Waals surface area contributed by atoms with Crippen LogP contribution in [0.2, 0.25) is 5.02 Å². The van der Waals surface area contributed by atoms with Crippen LogP contribution in [0.3, 0.4) is 0 Å². The van der Waals surface area contributed by atoms with Gasteiger partial charge in [-0.25, -0.2) is 0 Å². The van der Waals surface area contributed by atoms with E-state index in [-0.39, 0.29) is 5.91 Å². The van der Waals surface area contributed by atoms with Crippen molar-refractivity contribution in [3.63, 3.8) is 0 Å². The van der Waals surface area contributed by atoms with Crippen molar-refractivity contribution in [2.24, 2.45) is 0 Å². The van der Waals surface area contributed by atoms with Gasteiger partial charge in [0.05, 0.1) is 6.42 Å². The van der Waals surface area contributed by atoms with E-state index >= 15 is 0 Å². The summed E-state index contributed by atoms with van der Waals surface area (Å²) in [6, 6.07) is 7.88. The number of nitrogens with one attached hydrogen (secondary N) is 1. The Morgan fingerprint density at radius 3 is 2.83 bits per heavy atom. The lowest BCUT2D eigenvalue weighted by Crippen LogP contribution is -2.44. The Balaban J connectivity index is 1.94. The Hall–Kier alpha value is -1.06. The third-order valence-corrected chi connectivity index (χ3v) is 3.73. The number of hydrogen-bond donors (Lipinski definition) is 1. The van der Waals surface area contributed by atoms with E-state index in [2.05, 4.69) is 5.32 Å². The predicted molar refractivity (Wildman–Crippen MR) is 73.8 cm³/mol. The maximum Gasteiger partial charge on any atom is 0.226 e. The lowest BCUT2D eigenvalue weighted by atomic mass is 10.0. The smallest absolute Gasteiger partial charge is 0.226 e. The molecule has 4 heteroatoms. The van der Waals surface area contributed by atoms with Crippen molar-refractivity contribution >= 4 is 17.5 Å². The summed E-state index contributed by atoms with van der Waals surface area (Å²) >= 11 is 5.92. The molecule has 1 heterocycles. The average molecular weight is 267 g/mol. The highest BCUT2D eigenvalue weighted by atomic mass is 35.5. The van der Waals surface area contributed by atoms with Gasteiger partial charge >= 0.3 is 0 Å². The first kappa shape index (κ1) is 13.4. The van der Waals surface area contributed by atoms with E-state index in [1.807, 2.05) is 36.2 Å². The van der Waals surface area contributed by atoms with Gasteiger partial charge in [0.15, 0.2) is 0 Å². The van der Waals surface area contributed by atoms with Gasteiger partial charge in [-0.2, -0.15) is 0 Å². The highest BCUT2D eigenvalue weighted by Crippen LogP contribution is 2.14. The van der Waals surface area contributed by atoms with Crippen LogP contribution in [0.15, 0.2) is 24.3 Å². The number of rotatable bonds is 3.